The van der Waals surface area contributed by atoms with Crippen LogP contribution in [0.2, 0.25) is 0 Å². The molecule has 10 nitrogen and oxygen atoms in total. The zero-order chi connectivity index (χ0) is 25.5. The fourth-order valence-corrected chi connectivity index (χ4v) is 5.91. The zero-order valence-corrected chi connectivity index (χ0v) is 20.5. The minimum Gasteiger partial charge on any atom is -0.493 e. The van der Waals surface area contributed by atoms with Crippen LogP contribution in [0.3, 0.4) is 0 Å². The highest BCUT2D eigenvalue weighted by atomic mass is 16.5. The second-order valence-electron chi connectivity index (χ2n) is 9.20. The number of aryl methyl sites for hydroxylation is 1. The molecule has 0 bridgehead atoms. The van der Waals surface area contributed by atoms with E-state index in [0.29, 0.717) is 46.3 Å². The maximum Gasteiger partial charge on any atom is 0.373 e. The number of hydrogen-bond donors (Lipinski definition) is 0. The first-order chi connectivity index (χ1) is 17.3. The first-order valence-corrected chi connectivity index (χ1v) is 11.4. The molecule has 3 aliphatic rings. The third kappa shape index (κ3) is 2.64. The Kier molecular flexibility index (Phi) is 4.57. The third-order valence-corrected chi connectivity index (χ3v) is 7.63. The van der Waals surface area contributed by atoms with Gasteiger partial charge in [-0.2, -0.15) is 0 Å². The topological polar surface area (TPSA) is 109 Å². The molecule has 1 aromatic carbocycles. The number of furan rings is 1. The van der Waals surface area contributed by atoms with E-state index in [1.165, 1.54) is 34.5 Å². The van der Waals surface area contributed by atoms with Gasteiger partial charge in [-0.3, -0.25) is 9.59 Å². The van der Waals surface area contributed by atoms with Crippen molar-refractivity contribution in [3.05, 3.63) is 52.8 Å². The summed E-state index contributed by atoms with van der Waals surface area (Å²) in [6.45, 7) is 0.460. The van der Waals surface area contributed by atoms with Crippen LogP contribution in [0.5, 0.6) is 17.2 Å². The number of fused-ring (bicyclic) bond motifs is 2. The number of piperidine rings is 1. The maximum absolute atomic E-state index is 13.9. The summed E-state index contributed by atoms with van der Waals surface area (Å²) in [5.41, 5.74) is 1.89. The summed E-state index contributed by atoms with van der Waals surface area (Å²) in [6, 6.07) is 5.16. The Bertz CT molecular complexity index is 1530. The molecule has 2 fully saturated rings. The highest BCUT2D eigenvalue weighted by Crippen LogP contribution is 2.67. The number of benzene rings is 1. The van der Waals surface area contributed by atoms with Crippen molar-refractivity contribution in [1.29, 1.82) is 0 Å². The molecule has 2 aliphatic carbocycles. The normalized spacial score (nSPS) is 21.5. The summed E-state index contributed by atoms with van der Waals surface area (Å²) in [5.74, 6) is 0.383. The molecular formula is C26H24N2O8. The van der Waals surface area contributed by atoms with Crippen LogP contribution in [0.1, 0.15) is 43.6 Å². The van der Waals surface area contributed by atoms with E-state index >= 15 is 0 Å². The molecule has 10 heteroatoms. The van der Waals surface area contributed by atoms with E-state index < -0.39 is 11.4 Å². The highest BCUT2D eigenvalue weighted by Gasteiger charge is 2.68. The van der Waals surface area contributed by atoms with Crippen molar-refractivity contribution in [1.82, 2.24) is 9.47 Å². The van der Waals surface area contributed by atoms with Gasteiger partial charge in [-0.1, -0.05) is 0 Å². The van der Waals surface area contributed by atoms with E-state index in [4.69, 9.17) is 23.4 Å². The molecule has 1 saturated carbocycles. The van der Waals surface area contributed by atoms with Crippen molar-refractivity contribution >= 4 is 28.6 Å². The van der Waals surface area contributed by atoms with Crippen LogP contribution >= 0.6 is 0 Å². The lowest BCUT2D eigenvalue weighted by atomic mass is 9.85. The molecular weight excluding hydrogens is 468 g/mol. The Balaban J connectivity index is 1.43. The largest absolute Gasteiger partial charge is 0.493 e. The molecule has 3 aromatic rings. The van der Waals surface area contributed by atoms with E-state index in [2.05, 4.69) is 0 Å². The average Bonchev–Trinajstić information content (AvgIpc) is 3.16. The molecule has 36 heavy (non-hydrogen) atoms. The fourth-order valence-electron chi connectivity index (χ4n) is 5.91. The first-order valence-electron chi connectivity index (χ1n) is 11.4. The summed E-state index contributed by atoms with van der Waals surface area (Å²) in [6.07, 6.45) is 2.24. The number of rotatable bonds is 5. The number of hydrogen-bond acceptors (Lipinski definition) is 8. The van der Waals surface area contributed by atoms with Crippen LogP contribution in [-0.4, -0.2) is 62.1 Å². The van der Waals surface area contributed by atoms with Crippen LogP contribution < -0.4 is 14.2 Å². The van der Waals surface area contributed by atoms with Gasteiger partial charge in [0.05, 0.1) is 34.0 Å². The number of amides is 1. The fraction of sp³-hybridized carbons (Fsp3) is 0.346. The average molecular weight is 492 g/mol. The second-order valence-corrected chi connectivity index (χ2v) is 9.20. The molecule has 0 N–H and O–H groups in total. The van der Waals surface area contributed by atoms with Gasteiger partial charge in [0.1, 0.15) is 5.69 Å². The molecule has 186 valence electrons. The quantitative estimate of drug-likeness (QED) is 0.500. The standard InChI is InChI=1S/C26H24N2O8/c1-27-15(6-12-7-17(32-2)22(33-3)23(34-4)20(12)27)24(30)28-11-13-10-26(13)14-8-18(25(31)35-5)36-21(14)16(29)9-19(26)28/h6-9,13H,10-11H2,1-5H3/t13-,26-/m1/s1. The van der Waals surface area contributed by atoms with Crippen molar-refractivity contribution in [3.8, 4) is 17.2 Å². The Hall–Kier alpha value is -4.21. The van der Waals surface area contributed by atoms with Crippen LogP contribution in [0, 0.1) is 5.92 Å². The minimum absolute atomic E-state index is 0.0148. The number of nitrogens with zero attached hydrogens (tertiary/aromatic N) is 2. The predicted octanol–water partition coefficient (Wildman–Crippen LogP) is 3.08. The van der Waals surface area contributed by atoms with Gasteiger partial charge in [0.2, 0.25) is 17.3 Å². The highest BCUT2D eigenvalue weighted by molar-refractivity contribution is 6.09. The lowest BCUT2D eigenvalue weighted by molar-refractivity contribution is 0.0563. The molecule has 1 amide bonds. The van der Waals surface area contributed by atoms with E-state index in [0.717, 1.165) is 11.8 Å². The van der Waals surface area contributed by atoms with Gasteiger partial charge in [-0.15, -0.1) is 0 Å². The van der Waals surface area contributed by atoms with E-state index in [9.17, 15) is 14.4 Å². The zero-order valence-electron chi connectivity index (χ0n) is 20.5. The van der Waals surface area contributed by atoms with Crippen molar-refractivity contribution in [2.75, 3.05) is 35.0 Å². The van der Waals surface area contributed by atoms with Gasteiger partial charge in [0, 0.05) is 41.7 Å². The number of aromatic nitrogens is 1. The lowest BCUT2D eigenvalue weighted by Gasteiger charge is -2.27. The molecule has 0 unspecified atom stereocenters. The number of carbonyl (C=O) groups is 3. The smallest absolute Gasteiger partial charge is 0.373 e. The van der Waals surface area contributed by atoms with Crippen LogP contribution in [0.4, 0.5) is 0 Å². The van der Waals surface area contributed by atoms with Crippen molar-refractivity contribution in [2.24, 2.45) is 13.0 Å². The Morgan fingerprint density at radius 3 is 2.47 bits per heavy atom. The molecule has 0 radical (unpaired) electrons. The van der Waals surface area contributed by atoms with Crippen molar-refractivity contribution < 1.29 is 37.7 Å². The predicted molar refractivity (Wildman–Crippen MR) is 126 cm³/mol. The molecule has 3 heterocycles. The molecule has 1 spiro atoms. The number of allylic oxidation sites excluding steroid dienone is 2. The molecule has 1 aliphatic heterocycles. The number of ketones is 1. The second kappa shape index (κ2) is 7.39. The van der Waals surface area contributed by atoms with E-state index in [-0.39, 0.29) is 29.1 Å². The summed E-state index contributed by atoms with van der Waals surface area (Å²) < 4.78 is 28.7. The number of likely N-dealkylation sites (tertiary alicyclic amines) is 1. The van der Waals surface area contributed by atoms with Gasteiger partial charge in [-0.25, -0.2) is 4.79 Å². The van der Waals surface area contributed by atoms with Crippen LogP contribution in [0.15, 0.2) is 34.4 Å². The van der Waals surface area contributed by atoms with Gasteiger partial charge in [-0.05, 0) is 30.5 Å². The SMILES string of the molecule is COC(=O)c1cc2c(o1)C(=O)C=C1N(C(=O)c3cc4cc(OC)c(OC)c(OC)c4n3C)C[C@H]3C[C@]123. The van der Waals surface area contributed by atoms with Crippen LogP contribution in [0.25, 0.3) is 10.9 Å². The minimum atomic E-state index is -0.645. The summed E-state index contributed by atoms with van der Waals surface area (Å²) in [7, 11) is 7.64. The third-order valence-electron chi connectivity index (χ3n) is 7.63. The number of carbonyl (C=O) groups excluding carboxylic acids is 3. The maximum atomic E-state index is 13.9. The van der Waals surface area contributed by atoms with Gasteiger partial charge < -0.3 is 32.8 Å². The summed E-state index contributed by atoms with van der Waals surface area (Å²) >= 11 is 0. The van der Waals surface area contributed by atoms with E-state index in [1.54, 1.807) is 34.7 Å². The number of ether oxygens (including phenoxy) is 4. The number of methoxy groups -OCH3 is 4. The summed E-state index contributed by atoms with van der Waals surface area (Å²) in [4.78, 5) is 40.5. The van der Waals surface area contributed by atoms with Gasteiger partial charge in [0.25, 0.3) is 5.91 Å². The summed E-state index contributed by atoms with van der Waals surface area (Å²) in [5, 5.41) is 0.753. The molecule has 6 rings (SSSR count). The number of esters is 1. The first kappa shape index (κ1) is 22.3. The molecule has 2 atom stereocenters. The molecule has 2 aromatic heterocycles. The van der Waals surface area contributed by atoms with Crippen LogP contribution in [-0.2, 0) is 17.2 Å². The lowest BCUT2D eigenvalue weighted by Crippen LogP contribution is -2.34. The van der Waals surface area contributed by atoms with E-state index in [1.807, 2.05) is 0 Å². The molecule has 1 saturated heterocycles. The Morgan fingerprint density at radius 1 is 1.06 bits per heavy atom. The monoisotopic (exact) mass is 492 g/mol. The van der Waals surface area contributed by atoms with Crippen molar-refractivity contribution in [2.45, 2.75) is 11.8 Å². The Labute approximate surface area is 205 Å². The van der Waals surface area contributed by atoms with Crippen molar-refractivity contribution in [3.63, 3.8) is 0 Å². The Morgan fingerprint density at radius 2 is 1.81 bits per heavy atom. The van der Waals surface area contributed by atoms with Gasteiger partial charge >= 0.3 is 5.97 Å². The van der Waals surface area contributed by atoms with Gasteiger partial charge in [0.15, 0.2) is 17.3 Å².